The topological polar surface area (TPSA) is 0 Å². The normalized spacial score (nSPS) is 11.3. The van der Waals surface area contributed by atoms with E-state index in [1.54, 1.807) is 0 Å². The Hall–Kier alpha value is -0.860. The van der Waals surface area contributed by atoms with E-state index in [-0.39, 0.29) is 0 Å². The molecule has 0 unspecified atom stereocenters. The molecule has 0 spiro atoms. The first-order chi connectivity index (χ1) is 7.38. The smallest absolute Gasteiger partial charge is 0.0355 e. The highest BCUT2D eigenvalue weighted by Gasteiger charge is 2.04. The van der Waals surface area contributed by atoms with Crippen molar-refractivity contribution < 1.29 is 0 Å². The number of rotatable bonds is 1. The van der Waals surface area contributed by atoms with Crippen molar-refractivity contribution in [3.05, 3.63) is 48.0 Å². The van der Waals surface area contributed by atoms with Crippen LogP contribution in [0.2, 0.25) is 0 Å². The fourth-order valence-electron chi connectivity index (χ4n) is 1.86. The highest BCUT2D eigenvalue weighted by molar-refractivity contribution is 9.08. The molecule has 15 heavy (non-hydrogen) atoms. The van der Waals surface area contributed by atoms with E-state index < -0.39 is 0 Å². The molecule has 2 aromatic carbocycles. The number of benzene rings is 2. The summed E-state index contributed by atoms with van der Waals surface area (Å²) < 4.78 is 2.75. The van der Waals surface area contributed by atoms with Crippen LogP contribution in [-0.4, -0.2) is 0 Å². The van der Waals surface area contributed by atoms with Gasteiger partial charge < -0.3 is 0 Å². The molecule has 0 aliphatic rings. The Labute approximate surface area is 101 Å². The van der Waals surface area contributed by atoms with Gasteiger partial charge in [0.05, 0.1) is 0 Å². The average Bonchev–Trinajstić information content (AvgIpc) is 2.66. The van der Waals surface area contributed by atoms with Crippen LogP contribution < -0.4 is 0 Å². The molecule has 2 heteroatoms. The quantitative estimate of drug-likeness (QED) is 0.552. The van der Waals surface area contributed by atoms with Crippen LogP contribution in [0.4, 0.5) is 0 Å². The summed E-state index contributed by atoms with van der Waals surface area (Å²) >= 11 is 5.36. The van der Waals surface area contributed by atoms with Crippen LogP contribution in [0.15, 0.2) is 42.5 Å². The summed E-state index contributed by atoms with van der Waals surface area (Å²) in [5, 5.41) is 3.68. The van der Waals surface area contributed by atoms with Gasteiger partial charge in [0.1, 0.15) is 0 Å². The summed E-state index contributed by atoms with van der Waals surface area (Å²) in [6.45, 7) is 0. The third kappa shape index (κ3) is 1.48. The molecule has 0 atom stereocenters. The van der Waals surface area contributed by atoms with Gasteiger partial charge in [0.25, 0.3) is 0 Å². The van der Waals surface area contributed by atoms with Crippen LogP contribution in [0.5, 0.6) is 0 Å². The zero-order valence-electron chi connectivity index (χ0n) is 8.03. The molecule has 0 N–H and O–H groups in total. The van der Waals surface area contributed by atoms with E-state index in [0.717, 1.165) is 5.33 Å². The summed E-state index contributed by atoms with van der Waals surface area (Å²) in [5.41, 5.74) is 1.34. The molecule has 0 radical (unpaired) electrons. The molecule has 0 bridgehead atoms. The van der Waals surface area contributed by atoms with Crippen molar-refractivity contribution >= 4 is 47.4 Å². The van der Waals surface area contributed by atoms with E-state index >= 15 is 0 Å². The number of hydrogen-bond acceptors (Lipinski definition) is 1. The molecule has 1 heterocycles. The molecule has 0 saturated heterocycles. The maximum Gasteiger partial charge on any atom is 0.0355 e. The van der Waals surface area contributed by atoms with Crippen molar-refractivity contribution in [3.8, 4) is 0 Å². The van der Waals surface area contributed by atoms with Gasteiger partial charge in [-0.1, -0.05) is 40.2 Å². The summed E-state index contributed by atoms with van der Waals surface area (Å²) in [7, 11) is 0. The number of fused-ring (bicyclic) bond motifs is 3. The van der Waals surface area contributed by atoms with Crippen molar-refractivity contribution in [1.29, 1.82) is 0 Å². The van der Waals surface area contributed by atoms with Crippen molar-refractivity contribution in [2.45, 2.75) is 5.33 Å². The number of halogens is 1. The van der Waals surface area contributed by atoms with E-state index in [1.165, 1.54) is 25.7 Å². The van der Waals surface area contributed by atoms with Crippen LogP contribution in [0, 0.1) is 0 Å². The Kier molecular flexibility index (Phi) is 2.26. The van der Waals surface area contributed by atoms with E-state index in [9.17, 15) is 0 Å². The number of alkyl halides is 1. The van der Waals surface area contributed by atoms with Crippen LogP contribution in [-0.2, 0) is 5.33 Å². The van der Waals surface area contributed by atoms with Gasteiger partial charge in [-0.15, -0.1) is 11.3 Å². The summed E-state index contributed by atoms with van der Waals surface area (Å²) in [6, 6.07) is 15.3. The minimum absolute atomic E-state index is 0.924. The third-order valence-corrected chi connectivity index (χ3v) is 4.39. The SMILES string of the molecule is BrCc1ccc2sc3ccccc3c2c1. The molecule has 1 aromatic heterocycles. The van der Waals surface area contributed by atoms with Gasteiger partial charge in [-0.25, -0.2) is 0 Å². The molecule has 0 fully saturated rings. The predicted octanol–water partition coefficient (Wildman–Crippen LogP) is 4.95. The molecule has 3 rings (SSSR count). The van der Waals surface area contributed by atoms with Crippen molar-refractivity contribution in [2.75, 3.05) is 0 Å². The molecule has 0 amide bonds. The maximum atomic E-state index is 3.50. The zero-order chi connectivity index (χ0) is 10.3. The highest BCUT2D eigenvalue weighted by atomic mass is 79.9. The monoisotopic (exact) mass is 276 g/mol. The van der Waals surface area contributed by atoms with E-state index in [0.29, 0.717) is 0 Å². The second kappa shape index (κ2) is 3.62. The first-order valence-corrected chi connectivity index (χ1v) is 6.78. The highest BCUT2D eigenvalue weighted by Crippen LogP contribution is 2.34. The zero-order valence-corrected chi connectivity index (χ0v) is 10.4. The van der Waals surface area contributed by atoms with Gasteiger partial charge in [-0.3, -0.25) is 0 Å². The minimum Gasteiger partial charge on any atom is -0.135 e. The lowest BCUT2D eigenvalue weighted by molar-refractivity contribution is 1.47. The molecule has 0 aliphatic heterocycles. The Balaban J connectivity index is 2.46. The average molecular weight is 277 g/mol. The van der Waals surface area contributed by atoms with Crippen molar-refractivity contribution in [1.82, 2.24) is 0 Å². The lowest BCUT2D eigenvalue weighted by Gasteiger charge is -1.95. The van der Waals surface area contributed by atoms with Gasteiger partial charge in [-0.2, -0.15) is 0 Å². The lowest BCUT2D eigenvalue weighted by Crippen LogP contribution is -1.74. The van der Waals surface area contributed by atoms with Crippen LogP contribution in [0.3, 0.4) is 0 Å². The van der Waals surface area contributed by atoms with E-state index in [1.807, 2.05) is 11.3 Å². The maximum absolute atomic E-state index is 3.50. The first kappa shape index (κ1) is 9.37. The fourth-order valence-corrected chi connectivity index (χ4v) is 3.29. The molecule has 74 valence electrons. The second-order valence-corrected chi connectivity index (χ2v) is 5.21. The summed E-state index contributed by atoms with van der Waals surface area (Å²) in [6.07, 6.45) is 0. The molecule has 3 aromatic rings. The van der Waals surface area contributed by atoms with Gasteiger partial charge in [0.2, 0.25) is 0 Å². The van der Waals surface area contributed by atoms with E-state index in [4.69, 9.17) is 0 Å². The third-order valence-electron chi connectivity index (χ3n) is 2.60. The van der Waals surface area contributed by atoms with Gasteiger partial charge in [0, 0.05) is 25.5 Å². The number of thiophene rings is 1. The molecule has 0 saturated carbocycles. The Bertz CT molecular complexity index is 625. The van der Waals surface area contributed by atoms with Crippen molar-refractivity contribution in [3.63, 3.8) is 0 Å². The lowest BCUT2D eigenvalue weighted by atomic mass is 10.1. The Morgan fingerprint density at radius 1 is 0.933 bits per heavy atom. The first-order valence-electron chi connectivity index (χ1n) is 4.84. The predicted molar refractivity (Wildman–Crippen MR) is 72.0 cm³/mol. The molecular formula is C13H9BrS. The van der Waals surface area contributed by atoms with Crippen LogP contribution in [0.1, 0.15) is 5.56 Å². The Morgan fingerprint density at radius 2 is 1.73 bits per heavy atom. The summed E-state index contributed by atoms with van der Waals surface area (Å²) in [5.74, 6) is 0. The van der Waals surface area contributed by atoms with Crippen LogP contribution in [0.25, 0.3) is 20.2 Å². The molecular weight excluding hydrogens is 268 g/mol. The van der Waals surface area contributed by atoms with Gasteiger partial charge in [-0.05, 0) is 23.8 Å². The number of hydrogen-bond donors (Lipinski definition) is 0. The fraction of sp³-hybridized carbons (Fsp3) is 0.0769. The van der Waals surface area contributed by atoms with Gasteiger partial charge >= 0.3 is 0 Å². The minimum atomic E-state index is 0.924. The summed E-state index contributed by atoms with van der Waals surface area (Å²) in [4.78, 5) is 0. The molecule has 0 nitrogen and oxygen atoms in total. The van der Waals surface area contributed by atoms with Gasteiger partial charge in [0.15, 0.2) is 0 Å². The standard InChI is InChI=1S/C13H9BrS/c14-8-9-5-6-13-11(7-9)10-3-1-2-4-12(10)15-13/h1-7H,8H2. The largest absolute Gasteiger partial charge is 0.135 e. The van der Waals surface area contributed by atoms with E-state index in [2.05, 4.69) is 58.4 Å². The van der Waals surface area contributed by atoms with Crippen molar-refractivity contribution in [2.24, 2.45) is 0 Å². The molecule has 0 aliphatic carbocycles. The van der Waals surface area contributed by atoms with Crippen LogP contribution >= 0.6 is 27.3 Å². The Morgan fingerprint density at radius 3 is 2.60 bits per heavy atom. The second-order valence-electron chi connectivity index (χ2n) is 3.56.